The van der Waals surface area contributed by atoms with Gasteiger partial charge < -0.3 is 19.9 Å². The van der Waals surface area contributed by atoms with Crippen LogP contribution in [-0.2, 0) is 0 Å². The zero-order valence-electron chi connectivity index (χ0n) is 13.4. The minimum atomic E-state index is 0.145. The molecule has 0 saturated carbocycles. The summed E-state index contributed by atoms with van der Waals surface area (Å²) in [4.78, 5) is 7.38. The molecule has 1 aliphatic heterocycles. The van der Waals surface area contributed by atoms with Crippen LogP contribution >= 0.6 is 0 Å². The average molecular weight is 308 g/mol. The van der Waals surface area contributed by atoms with E-state index < -0.39 is 0 Å². The summed E-state index contributed by atoms with van der Waals surface area (Å²) in [7, 11) is 4.09. The monoisotopic (exact) mass is 308 g/mol. The van der Waals surface area contributed by atoms with E-state index in [0.717, 1.165) is 41.8 Å². The smallest absolute Gasteiger partial charge is 0.199 e. The van der Waals surface area contributed by atoms with Gasteiger partial charge in [0, 0.05) is 30.5 Å². The van der Waals surface area contributed by atoms with Crippen LogP contribution in [0.3, 0.4) is 0 Å². The Morgan fingerprint density at radius 3 is 2.96 bits per heavy atom. The van der Waals surface area contributed by atoms with E-state index in [1.54, 1.807) is 6.07 Å². The number of hydrogen-bond donors (Lipinski definition) is 2. The number of rotatable bonds is 4. The molecule has 0 spiro atoms. The van der Waals surface area contributed by atoms with Gasteiger partial charge in [-0.15, -0.1) is 0 Å². The number of H-pyrrole nitrogens is 1. The van der Waals surface area contributed by atoms with Crippen molar-refractivity contribution in [2.24, 2.45) is 0 Å². The molecule has 0 fully saturated rings. The van der Waals surface area contributed by atoms with E-state index in [4.69, 9.17) is 5.26 Å². The van der Waals surface area contributed by atoms with Crippen LogP contribution in [0.5, 0.6) is 5.88 Å². The maximum absolute atomic E-state index is 10.4. The van der Waals surface area contributed by atoms with Crippen LogP contribution in [0.1, 0.15) is 11.1 Å². The fourth-order valence-electron chi connectivity index (χ4n) is 2.83. The number of allylic oxidation sites excluding steroid dienone is 2. The van der Waals surface area contributed by atoms with Gasteiger partial charge in [0.2, 0.25) is 0 Å². The van der Waals surface area contributed by atoms with E-state index >= 15 is 0 Å². The zero-order valence-corrected chi connectivity index (χ0v) is 13.4. The van der Waals surface area contributed by atoms with Crippen LogP contribution in [0.4, 0.5) is 0 Å². The van der Waals surface area contributed by atoms with Crippen LogP contribution in [-0.4, -0.2) is 53.6 Å². The molecule has 0 radical (unpaired) electrons. The van der Waals surface area contributed by atoms with Crippen molar-refractivity contribution in [3.8, 4) is 11.9 Å². The third-order valence-electron chi connectivity index (χ3n) is 4.04. The molecule has 1 aromatic carbocycles. The van der Waals surface area contributed by atoms with E-state index in [2.05, 4.69) is 26.9 Å². The van der Waals surface area contributed by atoms with Crippen molar-refractivity contribution in [1.82, 2.24) is 14.8 Å². The molecule has 0 saturated heterocycles. The highest BCUT2D eigenvalue weighted by Crippen LogP contribution is 2.36. The Morgan fingerprint density at radius 1 is 1.39 bits per heavy atom. The van der Waals surface area contributed by atoms with Gasteiger partial charge in [-0.3, -0.25) is 0 Å². The normalized spacial score (nSPS) is 14.3. The summed E-state index contributed by atoms with van der Waals surface area (Å²) < 4.78 is 0. The highest BCUT2D eigenvalue weighted by molar-refractivity contribution is 5.96. The number of nitrogens with one attached hydrogen (secondary N) is 1. The zero-order chi connectivity index (χ0) is 16.4. The molecule has 0 atom stereocenters. The molecule has 118 valence electrons. The maximum atomic E-state index is 10.4. The van der Waals surface area contributed by atoms with Gasteiger partial charge in [0.25, 0.3) is 0 Å². The lowest BCUT2D eigenvalue weighted by atomic mass is 10.0. The molecular weight excluding hydrogens is 288 g/mol. The number of nitriles is 1. The highest BCUT2D eigenvalue weighted by atomic mass is 16.3. The van der Waals surface area contributed by atoms with Gasteiger partial charge in [0.15, 0.2) is 5.88 Å². The molecule has 0 aliphatic carbocycles. The molecule has 1 aromatic heterocycles. The van der Waals surface area contributed by atoms with Crippen molar-refractivity contribution < 1.29 is 5.11 Å². The summed E-state index contributed by atoms with van der Waals surface area (Å²) in [5, 5.41) is 20.4. The molecule has 23 heavy (non-hydrogen) atoms. The maximum Gasteiger partial charge on any atom is 0.199 e. The quantitative estimate of drug-likeness (QED) is 0.911. The number of aromatic nitrogens is 1. The topological polar surface area (TPSA) is 66.3 Å². The Kier molecular flexibility index (Phi) is 4.09. The van der Waals surface area contributed by atoms with Crippen LogP contribution in [0.2, 0.25) is 0 Å². The predicted molar refractivity (Wildman–Crippen MR) is 91.9 cm³/mol. The molecule has 0 bridgehead atoms. The lowest BCUT2D eigenvalue weighted by molar-refractivity contribution is 0.333. The Hall–Kier alpha value is -2.71. The number of benzene rings is 1. The Labute approximate surface area is 135 Å². The molecule has 5 heteroatoms. The van der Waals surface area contributed by atoms with Gasteiger partial charge in [-0.2, -0.15) is 5.26 Å². The number of aromatic amines is 1. The molecule has 3 rings (SSSR count). The van der Waals surface area contributed by atoms with Crippen molar-refractivity contribution in [3.63, 3.8) is 0 Å². The average Bonchev–Trinajstić information content (AvgIpc) is 2.87. The third kappa shape index (κ3) is 2.94. The Bertz CT molecular complexity index is 823. The summed E-state index contributed by atoms with van der Waals surface area (Å²) >= 11 is 0. The third-order valence-corrected chi connectivity index (χ3v) is 4.04. The fourth-order valence-corrected chi connectivity index (χ4v) is 2.83. The first-order chi connectivity index (χ1) is 11.1. The SMILES string of the molecule is CN(C)CCN1CC=CC=C1c1c(O)[nH]c2ccc(C#N)cc12. The van der Waals surface area contributed by atoms with Gasteiger partial charge in [-0.1, -0.05) is 12.2 Å². The number of likely N-dealkylation sites (N-methyl/N-ethyl adjacent to an activating group) is 1. The lowest BCUT2D eigenvalue weighted by Gasteiger charge is -2.29. The van der Waals surface area contributed by atoms with E-state index in [1.165, 1.54) is 0 Å². The van der Waals surface area contributed by atoms with E-state index in [0.29, 0.717) is 5.56 Å². The Morgan fingerprint density at radius 2 is 2.22 bits per heavy atom. The first-order valence-electron chi connectivity index (χ1n) is 7.62. The number of hydrogen-bond acceptors (Lipinski definition) is 4. The number of nitrogens with zero attached hydrogens (tertiary/aromatic N) is 3. The summed E-state index contributed by atoms with van der Waals surface area (Å²) in [6.45, 7) is 2.61. The standard InChI is InChI=1S/C18H20N4O/c1-21(2)9-10-22-8-4-3-5-16(22)17-14-11-13(12-19)6-7-15(14)20-18(17)23/h3-7,11,20,23H,8-10H2,1-2H3. The van der Waals surface area contributed by atoms with E-state index in [9.17, 15) is 5.11 Å². The minimum absolute atomic E-state index is 0.145. The second-order valence-electron chi connectivity index (χ2n) is 5.95. The first-order valence-corrected chi connectivity index (χ1v) is 7.62. The van der Waals surface area contributed by atoms with Crippen molar-refractivity contribution in [3.05, 3.63) is 47.6 Å². The highest BCUT2D eigenvalue weighted by Gasteiger charge is 2.21. The van der Waals surface area contributed by atoms with Gasteiger partial charge in [-0.05, 0) is 38.4 Å². The predicted octanol–water partition coefficient (Wildman–Crippen LogP) is 2.52. The lowest BCUT2D eigenvalue weighted by Crippen LogP contribution is -2.31. The first kappa shape index (κ1) is 15.2. The van der Waals surface area contributed by atoms with Gasteiger partial charge in [-0.25, -0.2) is 0 Å². The molecule has 2 aromatic rings. The molecule has 5 nitrogen and oxygen atoms in total. The molecule has 0 unspecified atom stereocenters. The Balaban J connectivity index is 2.06. The van der Waals surface area contributed by atoms with E-state index in [-0.39, 0.29) is 5.88 Å². The summed E-state index contributed by atoms with van der Waals surface area (Å²) in [5.74, 6) is 0.145. The van der Waals surface area contributed by atoms with Gasteiger partial charge in [0.1, 0.15) is 0 Å². The number of aromatic hydroxyl groups is 1. The largest absolute Gasteiger partial charge is 0.494 e. The van der Waals surface area contributed by atoms with Gasteiger partial charge in [0.05, 0.1) is 22.9 Å². The minimum Gasteiger partial charge on any atom is -0.494 e. The molecule has 2 N–H and O–H groups in total. The van der Waals surface area contributed by atoms with Crippen molar-refractivity contribution >= 4 is 16.6 Å². The summed E-state index contributed by atoms with van der Waals surface area (Å²) in [6, 6.07) is 7.57. The summed E-state index contributed by atoms with van der Waals surface area (Å²) in [6.07, 6.45) is 6.13. The van der Waals surface area contributed by atoms with Crippen LogP contribution in [0, 0.1) is 11.3 Å². The van der Waals surface area contributed by atoms with E-state index in [1.807, 2.05) is 38.4 Å². The molecular formula is C18H20N4O. The molecule has 2 heterocycles. The van der Waals surface area contributed by atoms with Crippen LogP contribution in [0.25, 0.3) is 16.6 Å². The fraction of sp³-hybridized carbons (Fsp3) is 0.278. The van der Waals surface area contributed by atoms with Crippen molar-refractivity contribution in [1.29, 1.82) is 5.26 Å². The second-order valence-corrected chi connectivity index (χ2v) is 5.95. The number of fused-ring (bicyclic) bond motifs is 1. The van der Waals surface area contributed by atoms with Crippen molar-refractivity contribution in [2.45, 2.75) is 0 Å². The van der Waals surface area contributed by atoms with Gasteiger partial charge >= 0.3 is 0 Å². The van der Waals surface area contributed by atoms with Crippen LogP contribution in [0.15, 0.2) is 36.4 Å². The van der Waals surface area contributed by atoms with Crippen molar-refractivity contribution in [2.75, 3.05) is 33.7 Å². The summed E-state index contributed by atoms with van der Waals surface area (Å²) in [5.41, 5.74) is 3.16. The molecule has 1 aliphatic rings. The second kappa shape index (κ2) is 6.19. The molecule has 0 amide bonds. The van der Waals surface area contributed by atoms with Crippen LogP contribution < -0.4 is 0 Å².